The van der Waals surface area contributed by atoms with Crippen molar-refractivity contribution in [1.29, 1.82) is 0 Å². The Morgan fingerprint density at radius 3 is 2.35 bits per heavy atom. The van der Waals surface area contributed by atoms with E-state index >= 15 is 0 Å². The summed E-state index contributed by atoms with van der Waals surface area (Å²) in [7, 11) is 0. The molecule has 2 aromatic rings. The predicted molar refractivity (Wildman–Crippen MR) is 138 cm³/mol. The van der Waals surface area contributed by atoms with Gasteiger partial charge in [0.1, 0.15) is 0 Å². The van der Waals surface area contributed by atoms with Crippen LogP contribution < -0.4 is 10.7 Å². The fourth-order valence-corrected chi connectivity index (χ4v) is 4.28. The number of hydrazone groups is 1. The van der Waals surface area contributed by atoms with Crippen LogP contribution in [0.2, 0.25) is 0 Å². The van der Waals surface area contributed by atoms with Gasteiger partial charge in [0.05, 0.1) is 12.3 Å². The molecule has 2 aromatic carbocycles. The maximum Gasteiger partial charge on any atom is 0.257 e. The Bertz CT molecular complexity index is 919. The molecule has 2 N–H and O–H groups in total. The lowest BCUT2D eigenvalue weighted by atomic mass is 10.0. The van der Waals surface area contributed by atoms with Gasteiger partial charge >= 0.3 is 0 Å². The Hall–Kier alpha value is -2.99. The zero-order chi connectivity index (χ0) is 24.2. The van der Waals surface area contributed by atoms with Crippen LogP contribution in [0.5, 0.6) is 0 Å². The van der Waals surface area contributed by atoms with E-state index in [0.717, 1.165) is 50.8 Å². The molecule has 0 unspecified atom stereocenters. The molecule has 1 saturated heterocycles. The molecule has 2 amide bonds. The molecule has 3 rings (SSSR count). The summed E-state index contributed by atoms with van der Waals surface area (Å²) in [5, 5.41) is 7.19. The molecular formula is C28H38N4O2. The lowest BCUT2D eigenvalue weighted by Crippen LogP contribution is -2.47. The van der Waals surface area contributed by atoms with Crippen molar-refractivity contribution in [1.82, 2.24) is 15.6 Å². The van der Waals surface area contributed by atoms with Crippen molar-refractivity contribution in [3.05, 3.63) is 71.3 Å². The van der Waals surface area contributed by atoms with Crippen LogP contribution in [-0.4, -0.2) is 48.6 Å². The number of carbonyl (C=O) groups is 2. The molecule has 0 radical (unpaired) electrons. The van der Waals surface area contributed by atoms with Gasteiger partial charge < -0.3 is 5.32 Å². The molecule has 1 heterocycles. The molecule has 0 bridgehead atoms. The Kier molecular flexibility index (Phi) is 10.3. The molecule has 0 aliphatic carbocycles. The van der Waals surface area contributed by atoms with Gasteiger partial charge in [-0.25, -0.2) is 5.43 Å². The van der Waals surface area contributed by atoms with E-state index in [0.29, 0.717) is 18.0 Å². The van der Waals surface area contributed by atoms with E-state index in [1.54, 1.807) is 6.21 Å². The largest absolute Gasteiger partial charge is 0.352 e. The second kappa shape index (κ2) is 13.7. The van der Waals surface area contributed by atoms with E-state index in [2.05, 4.69) is 46.7 Å². The average molecular weight is 463 g/mol. The number of likely N-dealkylation sites (tertiary alicyclic amines) is 1. The van der Waals surface area contributed by atoms with Crippen molar-refractivity contribution in [2.75, 3.05) is 19.6 Å². The second-order valence-corrected chi connectivity index (χ2v) is 9.29. The Morgan fingerprint density at radius 2 is 1.68 bits per heavy atom. The van der Waals surface area contributed by atoms with Crippen molar-refractivity contribution in [2.45, 2.75) is 64.3 Å². The highest BCUT2D eigenvalue weighted by Gasteiger charge is 2.26. The molecule has 1 atom stereocenters. The summed E-state index contributed by atoms with van der Waals surface area (Å²) in [5.41, 5.74) is 5.69. The Labute approximate surface area is 203 Å². The van der Waals surface area contributed by atoms with Crippen LogP contribution in [0.1, 0.15) is 79.8 Å². The van der Waals surface area contributed by atoms with Gasteiger partial charge in [-0.2, -0.15) is 5.10 Å². The molecule has 1 aliphatic heterocycles. The van der Waals surface area contributed by atoms with Gasteiger partial charge in [-0.1, -0.05) is 62.7 Å². The summed E-state index contributed by atoms with van der Waals surface area (Å²) >= 11 is 0. The number of piperidine rings is 1. The first kappa shape index (κ1) is 25.6. The van der Waals surface area contributed by atoms with E-state index in [9.17, 15) is 9.59 Å². The quantitative estimate of drug-likeness (QED) is 0.288. The molecule has 182 valence electrons. The second-order valence-electron chi connectivity index (χ2n) is 9.29. The van der Waals surface area contributed by atoms with Crippen molar-refractivity contribution >= 4 is 18.0 Å². The van der Waals surface area contributed by atoms with Crippen molar-refractivity contribution < 1.29 is 9.59 Å². The predicted octanol–water partition coefficient (Wildman–Crippen LogP) is 4.71. The smallest absolute Gasteiger partial charge is 0.257 e. The van der Waals surface area contributed by atoms with Crippen LogP contribution in [-0.2, 0) is 4.79 Å². The van der Waals surface area contributed by atoms with E-state index in [1.165, 1.54) is 12.0 Å². The normalized spacial score (nSPS) is 15.4. The highest BCUT2D eigenvalue weighted by Crippen LogP contribution is 2.17. The highest BCUT2D eigenvalue weighted by molar-refractivity contribution is 5.94. The van der Waals surface area contributed by atoms with E-state index in [1.807, 2.05) is 42.5 Å². The van der Waals surface area contributed by atoms with Gasteiger partial charge in [-0.05, 0) is 74.4 Å². The molecule has 0 saturated carbocycles. The third-order valence-corrected chi connectivity index (χ3v) is 6.35. The number of benzene rings is 2. The van der Waals surface area contributed by atoms with E-state index in [4.69, 9.17) is 0 Å². The number of nitrogens with one attached hydrogen (secondary N) is 2. The minimum absolute atomic E-state index is 0.0507. The number of amides is 2. The highest BCUT2D eigenvalue weighted by atomic mass is 16.2. The first-order chi connectivity index (χ1) is 16.5. The molecule has 1 fully saturated rings. The monoisotopic (exact) mass is 462 g/mol. The average Bonchev–Trinajstić information content (AvgIpc) is 2.87. The first-order valence-electron chi connectivity index (χ1n) is 12.5. The van der Waals surface area contributed by atoms with Crippen LogP contribution in [0.4, 0.5) is 0 Å². The van der Waals surface area contributed by atoms with Crippen LogP contribution in [0.15, 0.2) is 59.7 Å². The molecule has 6 nitrogen and oxygen atoms in total. The summed E-state index contributed by atoms with van der Waals surface area (Å²) in [6.45, 7) is 6.83. The molecule has 0 spiro atoms. The topological polar surface area (TPSA) is 73.8 Å². The maximum atomic E-state index is 13.0. The van der Waals surface area contributed by atoms with Gasteiger partial charge in [-0.15, -0.1) is 0 Å². The Morgan fingerprint density at radius 1 is 0.971 bits per heavy atom. The van der Waals surface area contributed by atoms with Crippen LogP contribution in [0.3, 0.4) is 0 Å². The number of rotatable bonds is 11. The van der Waals surface area contributed by atoms with Gasteiger partial charge in [0.25, 0.3) is 11.8 Å². The van der Waals surface area contributed by atoms with Crippen molar-refractivity contribution in [3.8, 4) is 0 Å². The summed E-state index contributed by atoms with van der Waals surface area (Å²) < 4.78 is 0. The zero-order valence-electron chi connectivity index (χ0n) is 20.5. The lowest BCUT2D eigenvalue weighted by molar-refractivity contribution is -0.127. The van der Waals surface area contributed by atoms with Gasteiger partial charge in [0.2, 0.25) is 0 Å². The summed E-state index contributed by atoms with van der Waals surface area (Å²) in [5.74, 6) is 0.384. The van der Waals surface area contributed by atoms with E-state index < -0.39 is 0 Å². The number of carbonyl (C=O) groups excluding carboxylic acids is 2. The number of nitrogens with zero attached hydrogens (tertiary/aromatic N) is 2. The fourth-order valence-electron chi connectivity index (χ4n) is 4.28. The number of hydrogen-bond acceptors (Lipinski definition) is 4. The van der Waals surface area contributed by atoms with Crippen LogP contribution in [0, 0.1) is 0 Å². The molecule has 6 heteroatoms. The van der Waals surface area contributed by atoms with Crippen molar-refractivity contribution in [2.24, 2.45) is 5.10 Å². The zero-order valence-corrected chi connectivity index (χ0v) is 20.5. The van der Waals surface area contributed by atoms with Crippen molar-refractivity contribution in [3.63, 3.8) is 0 Å². The minimum atomic E-state index is -0.189. The van der Waals surface area contributed by atoms with Gasteiger partial charge in [0, 0.05) is 12.1 Å². The minimum Gasteiger partial charge on any atom is -0.352 e. The standard InChI is InChI=1S/C28H38N4O2/c1-22(2)24-16-14-23(15-17-24)21-30-31-28(34)26(32-19-9-4-10-20-32)13-7-8-18-29-27(33)25-11-5-3-6-12-25/h3,5-6,11-12,14-17,21-22,26H,4,7-10,13,18-20H2,1-2H3,(H,29,33)(H,31,34)/b30-21+/t26-/m1/s1. The fraction of sp³-hybridized carbons (Fsp3) is 0.464. The third kappa shape index (κ3) is 8.10. The third-order valence-electron chi connectivity index (χ3n) is 6.35. The molecule has 1 aliphatic rings. The van der Waals surface area contributed by atoms with Crippen LogP contribution >= 0.6 is 0 Å². The first-order valence-corrected chi connectivity index (χ1v) is 12.5. The lowest BCUT2D eigenvalue weighted by Gasteiger charge is -2.33. The van der Waals surface area contributed by atoms with Gasteiger partial charge in [0.15, 0.2) is 0 Å². The van der Waals surface area contributed by atoms with E-state index in [-0.39, 0.29) is 17.9 Å². The molecule has 0 aromatic heterocycles. The Balaban J connectivity index is 1.47. The summed E-state index contributed by atoms with van der Waals surface area (Å²) in [6, 6.07) is 17.3. The maximum absolute atomic E-state index is 13.0. The van der Waals surface area contributed by atoms with Crippen LogP contribution in [0.25, 0.3) is 0 Å². The summed E-state index contributed by atoms with van der Waals surface area (Å²) in [6.07, 6.45) is 7.64. The SMILES string of the molecule is CC(C)c1ccc(/C=N/NC(=O)[C@@H](CCCCNC(=O)c2ccccc2)N2CCCCC2)cc1. The molecule has 34 heavy (non-hydrogen) atoms. The summed E-state index contributed by atoms with van der Waals surface area (Å²) in [4.78, 5) is 27.5. The number of hydrogen-bond donors (Lipinski definition) is 2. The number of unbranched alkanes of at least 4 members (excludes halogenated alkanes) is 1. The molecular weight excluding hydrogens is 424 g/mol. The van der Waals surface area contributed by atoms with Gasteiger partial charge in [-0.3, -0.25) is 14.5 Å².